The summed E-state index contributed by atoms with van der Waals surface area (Å²) in [5.74, 6) is -0.133. The van der Waals surface area contributed by atoms with Crippen LogP contribution in [0.3, 0.4) is 0 Å². The molecule has 0 aliphatic heterocycles. The van der Waals surface area contributed by atoms with Crippen molar-refractivity contribution in [3.63, 3.8) is 0 Å². The topological polar surface area (TPSA) is 65.0 Å². The number of methoxy groups -OCH3 is 1. The lowest BCUT2D eigenvalue weighted by Crippen LogP contribution is -2.09. The minimum Gasteiger partial charge on any atom is -0.504 e. The third-order valence-electron chi connectivity index (χ3n) is 2.04. The molecule has 0 saturated carbocycles. The summed E-state index contributed by atoms with van der Waals surface area (Å²) in [6, 6.07) is 4.82. The summed E-state index contributed by atoms with van der Waals surface area (Å²) in [7, 11) is 1.48. The average molecular weight is 240 g/mol. The minimum atomic E-state index is -0.361. The van der Waals surface area contributed by atoms with Gasteiger partial charge in [-0.25, -0.2) is 0 Å². The molecule has 0 radical (unpaired) electrons. The van der Waals surface area contributed by atoms with E-state index in [1.165, 1.54) is 13.2 Å². The van der Waals surface area contributed by atoms with Crippen molar-refractivity contribution >= 4 is 5.97 Å². The zero-order valence-electron chi connectivity index (χ0n) is 9.93. The summed E-state index contributed by atoms with van der Waals surface area (Å²) in [5.41, 5.74) is 0.570. The SMILES string of the molecule is CCOC(=O)Cc1cccc(O)c1OCOC. The van der Waals surface area contributed by atoms with E-state index in [2.05, 4.69) is 0 Å². The van der Waals surface area contributed by atoms with E-state index in [4.69, 9.17) is 14.2 Å². The molecule has 0 atom stereocenters. The Kier molecular flexibility index (Phi) is 5.29. The average Bonchev–Trinajstić information content (AvgIpc) is 2.28. The van der Waals surface area contributed by atoms with Crippen molar-refractivity contribution in [3.8, 4) is 11.5 Å². The van der Waals surface area contributed by atoms with Gasteiger partial charge in [0, 0.05) is 12.7 Å². The predicted octanol–water partition coefficient (Wildman–Crippen LogP) is 1.48. The molecule has 0 unspecified atom stereocenters. The zero-order chi connectivity index (χ0) is 12.7. The van der Waals surface area contributed by atoms with Gasteiger partial charge in [0.2, 0.25) is 0 Å². The second-order valence-corrected chi connectivity index (χ2v) is 3.30. The van der Waals surface area contributed by atoms with E-state index in [9.17, 15) is 9.90 Å². The number of phenolic OH excluding ortho intramolecular Hbond substituents is 1. The lowest BCUT2D eigenvalue weighted by molar-refractivity contribution is -0.142. The van der Waals surface area contributed by atoms with Gasteiger partial charge in [-0.1, -0.05) is 12.1 Å². The van der Waals surface area contributed by atoms with E-state index < -0.39 is 0 Å². The molecule has 0 fully saturated rings. The maximum atomic E-state index is 11.4. The summed E-state index contributed by atoms with van der Waals surface area (Å²) in [6.45, 7) is 2.07. The van der Waals surface area contributed by atoms with Gasteiger partial charge in [-0.05, 0) is 13.0 Å². The van der Waals surface area contributed by atoms with Crippen molar-refractivity contribution in [1.82, 2.24) is 0 Å². The highest BCUT2D eigenvalue weighted by molar-refractivity contribution is 5.74. The first-order chi connectivity index (χ1) is 8.19. The van der Waals surface area contributed by atoms with Crippen LogP contribution in [0.15, 0.2) is 18.2 Å². The molecule has 0 spiro atoms. The van der Waals surface area contributed by atoms with Crippen molar-refractivity contribution < 1.29 is 24.1 Å². The van der Waals surface area contributed by atoms with Gasteiger partial charge >= 0.3 is 5.97 Å². The van der Waals surface area contributed by atoms with E-state index in [-0.39, 0.29) is 30.7 Å². The highest BCUT2D eigenvalue weighted by atomic mass is 16.7. The van der Waals surface area contributed by atoms with Crippen molar-refractivity contribution in [2.75, 3.05) is 20.5 Å². The van der Waals surface area contributed by atoms with Gasteiger partial charge < -0.3 is 19.3 Å². The summed E-state index contributed by atoms with van der Waals surface area (Å²) in [6.07, 6.45) is 0.0568. The lowest BCUT2D eigenvalue weighted by atomic mass is 10.1. The fourth-order valence-corrected chi connectivity index (χ4v) is 1.36. The predicted molar refractivity (Wildman–Crippen MR) is 60.9 cm³/mol. The Labute approximate surface area is 99.9 Å². The van der Waals surface area contributed by atoms with Gasteiger partial charge in [0.1, 0.15) is 0 Å². The van der Waals surface area contributed by atoms with Crippen molar-refractivity contribution in [2.45, 2.75) is 13.3 Å². The van der Waals surface area contributed by atoms with Crippen LogP contribution in [0, 0.1) is 0 Å². The second-order valence-electron chi connectivity index (χ2n) is 3.30. The fourth-order valence-electron chi connectivity index (χ4n) is 1.36. The van der Waals surface area contributed by atoms with E-state index in [1.807, 2.05) is 0 Å². The van der Waals surface area contributed by atoms with Crippen LogP contribution in [-0.2, 0) is 20.7 Å². The molecule has 1 aromatic carbocycles. The third-order valence-corrected chi connectivity index (χ3v) is 2.04. The van der Waals surface area contributed by atoms with Crippen LogP contribution < -0.4 is 4.74 Å². The van der Waals surface area contributed by atoms with Gasteiger partial charge in [0.15, 0.2) is 18.3 Å². The van der Waals surface area contributed by atoms with Crippen LogP contribution >= 0.6 is 0 Å². The number of benzene rings is 1. The minimum absolute atomic E-state index is 0.00734. The quantitative estimate of drug-likeness (QED) is 0.602. The monoisotopic (exact) mass is 240 g/mol. The molecule has 0 aromatic heterocycles. The van der Waals surface area contributed by atoms with Crippen LogP contribution in [0.2, 0.25) is 0 Å². The van der Waals surface area contributed by atoms with Crippen LogP contribution in [0.25, 0.3) is 0 Å². The number of hydrogen-bond donors (Lipinski definition) is 1. The number of carbonyl (C=O) groups is 1. The number of phenols is 1. The molecule has 1 aromatic rings. The van der Waals surface area contributed by atoms with Gasteiger partial charge in [-0.15, -0.1) is 0 Å². The standard InChI is InChI=1S/C12H16O5/c1-3-16-11(14)7-9-5-4-6-10(13)12(9)17-8-15-2/h4-6,13H,3,7-8H2,1-2H3. The second kappa shape index (κ2) is 6.75. The van der Waals surface area contributed by atoms with Crippen LogP contribution in [0.4, 0.5) is 0 Å². The first-order valence-electron chi connectivity index (χ1n) is 5.27. The Morgan fingerprint density at radius 3 is 2.82 bits per heavy atom. The van der Waals surface area contributed by atoms with Crippen molar-refractivity contribution in [2.24, 2.45) is 0 Å². The highest BCUT2D eigenvalue weighted by Gasteiger charge is 2.13. The highest BCUT2D eigenvalue weighted by Crippen LogP contribution is 2.30. The number of esters is 1. The molecular formula is C12H16O5. The molecule has 5 heteroatoms. The smallest absolute Gasteiger partial charge is 0.310 e. The van der Waals surface area contributed by atoms with Crippen molar-refractivity contribution in [3.05, 3.63) is 23.8 Å². The maximum Gasteiger partial charge on any atom is 0.310 e. The summed E-state index contributed by atoms with van der Waals surface area (Å²) in [5, 5.41) is 9.63. The normalized spacial score (nSPS) is 10.0. The third kappa shape index (κ3) is 3.96. The summed E-state index contributed by atoms with van der Waals surface area (Å²) < 4.78 is 14.8. The Morgan fingerprint density at radius 1 is 1.41 bits per heavy atom. The first kappa shape index (κ1) is 13.3. The van der Waals surface area contributed by atoms with Crippen molar-refractivity contribution in [1.29, 1.82) is 0 Å². The van der Waals surface area contributed by atoms with Gasteiger partial charge in [-0.3, -0.25) is 4.79 Å². The van der Waals surface area contributed by atoms with Crippen LogP contribution in [-0.4, -0.2) is 31.6 Å². The van der Waals surface area contributed by atoms with E-state index >= 15 is 0 Å². The fraction of sp³-hybridized carbons (Fsp3) is 0.417. The Balaban J connectivity index is 2.82. The maximum absolute atomic E-state index is 11.4. The largest absolute Gasteiger partial charge is 0.504 e. The molecule has 0 aliphatic rings. The number of para-hydroxylation sites is 1. The molecule has 17 heavy (non-hydrogen) atoms. The lowest BCUT2D eigenvalue weighted by Gasteiger charge is -2.11. The van der Waals surface area contributed by atoms with Gasteiger partial charge in [-0.2, -0.15) is 0 Å². The van der Waals surface area contributed by atoms with Crippen LogP contribution in [0.5, 0.6) is 11.5 Å². The molecule has 0 saturated heterocycles. The molecule has 1 rings (SSSR count). The Hall–Kier alpha value is -1.75. The number of rotatable bonds is 6. The van der Waals surface area contributed by atoms with Crippen LogP contribution in [0.1, 0.15) is 12.5 Å². The molecule has 0 heterocycles. The molecule has 0 amide bonds. The van der Waals surface area contributed by atoms with Gasteiger partial charge in [0.25, 0.3) is 0 Å². The Bertz CT molecular complexity index is 375. The molecule has 94 valence electrons. The molecule has 5 nitrogen and oxygen atoms in total. The number of ether oxygens (including phenoxy) is 3. The zero-order valence-corrected chi connectivity index (χ0v) is 9.93. The van der Waals surface area contributed by atoms with Gasteiger partial charge in [0.05, 0.1) is 13.0 Å². The molecule has 1 N–H and O–H groups in total. The molecule has 0 bridgehead atoms. The summed E-state index contributed by atoms with van der Waals surface area (Å²) in [4.78, 5) is 11.4. The van der Waals surface area contributed by atoms with E-state index in [0.717, 1.165) is 0 Å². The Morgan fingerprint density at radius 2 is 2.18 bits per heavy atom. The molecular weight excluding hydrogens is 224 g/mol. The number of aromatic hydroxyl groups is 1. The molecule has 0 aliphatic carbocycles. The summed E-state index contributed by atoms with van der Waals surface area (Å²) >= 11 is 0. The number of hydrogen-bond acceptors (Lipinski definition) is 5. The first-order valence-corrected chi connectivity index (χ1v) is 5.27. The number of carbonyl (C=O) groups excluding carboxylic acids is 1. The van der Waals surface area contributed by atoms with E-state index in [1.54, 1.807) is 19.1 Å². The van der Waals surface area contributed by atoms with E-state index in [0.29, 0.717) is 12.2 Å².